The third-order valence-electron chi connectivity index (χ3n) is 5.49. The van der Waals surface area contributed by atoms with Gasteiger partial charge in [0.05, 0.1) is 36.9 Å². The van der Waals surface area contributed by atoms with Crippen LogP contribution >= 0.6 is 0 Å². The Bertz CT molecular complexity index is 1560. The summed E-state index contributed by atoms with van der Waals surface area (Å²) in [5.74, 6) is -0.197. The van der Waals surface area contributed by atoms with Gasteiger partial charge in [0.2, 0.25) is 11.5 Å². The molecule has 0 saturated carbocycles. The lowest BCUT2D eigenvalue weighted by molar-refractivity contribution is -0.516. The van der Waals surface area contributed by atoms with Gasteiger partial charge in [0, 0.05) is 11.6 Å². The largest absolute Gasteiger partial charge is 0.481 e. The van der Waals surface area contributed by atoms with Gasteiger partial charge in [-0.1, -0.05) is 30.3 Å². The number of fused-ring (bicyclic) bond motifs is 1. The van der Waals surface area contributed by atoms with E-state index in [0.29, 0.717) is 33.9 Å². The number of aliphatic hydroxyl groups is 1. The predicted octanol–water partition coefficient (Wildman–Crippen LogP) is 1.70. The lowest BCUT2D eigenvalue weighted by Crippen LogP contribution is -2.44. The zero-order chi connectivity index (χ0) is 24.5. The number of nitrogens with two attached hydrogens (primary N) is 1. The van der Waals surface area contributed by atoms with Gasteiger partial charge in [-0.15, -0.1) is 9.38 Å². The van der Waals surface area contributed by atoms with E-state index in [0.717, 1.165) is 11.8 Å². The van der Waals surface area contributed by atoms with Gasteiger partial charge in [0.15, 0.2) is 0 Å². The molecular weight excluding hydrogens is 453 g/mol. The molecular formula is C24H21FN7O3+. The first-order valence-electron chi connectivity index (χ1n) is 10.6. The maximum absolute atomic E-state index is 13.3. The quantitative estimate of drug-likeness (QED) is 0.319. The smallest absolute Gasteiger partial charge is 0.428 e. The van der Waals surface area contributed by atoms with Crippen LogP contribution in [0.4, 0.5) is 10.3 Å². The first-order chi connectivity index (χ1) is 17.0. The molecule has 0 radical (unpaired) electrons. The van der Waals surface area contributed by atoms with Crippen molar-refractivity contribution in [2.24, 2.45) is 0 Å². The Balaban J connectivity index is 1.81. The fourth-order valence-electron chi connectivity index (χ4n) is 3.89. The van der Waals surface area contributed by atoms with Crippen molar-refractivity contribution in [1.82, 2.24) is 24.7 Å². The number of nitrogens with zero attached hydrogens (tertiary/aromatic N) is 5. The average Bonchev–Trinajstić information content (AvgIpc) is 3.21. The molecule has 0 atom stereocenters. The van der Waals surface area contributed by atoms with Crippen LogP contribution in [0.5, 0.6) is 5.88 Å². The molecule has 5 aromatic rings. The highest BCUT2D eigenvalue weighted by Gasteiger charge is 2.26. The number of halogens is 1. The fourth-order valence-corrected chi connectivity index (χ4v) is 3.89. The first-order valence-corrected chi connectivity index (χ1v) is 10.6. The number of benzene rings is 1. The number of aromatic amines is 1. The summed E-state index contributed by atoms with van der Waals surface area (Å²) in [5, 5.41) is 12.9. The van der Waals surface area contributed by atoms with Gasteiger partial charge in [0.25, 0.3) is 0 Å². The molecule has 0 unspecified atom stereocenters. The monoisotopic (exact) mass is 474 g/mol. The van der Waals surface area contributed by atoms with Crippen LogP contribution in [0.15, 0.2) is 65.6 Å². The lowest BCUT2D eigenvalue weighted by atomic mass is 10.00. The number of ether oxygens (including phenoxy) is 1. The molecule has 11 heteroatoms. The predicted molar refractivity (Wildman–Crippen MR) is 125 cm³/mol. The summed E-state index contributed by atoms with van der Waals surface area (Å²) in [5.41, 5.74) is 9.48. The number of aromatic nitrogens is 6. The maximum Gasteiger partial charge on any atom is 0.428 e. The summed E-state index contributed by atoms with van der Waals surface area (Å²) in [6.45, 7) is -0.251. The highest BCUT2D eigenvalue weighted by Crippen LogP contribution is 2.34. The van der Waals surface area contributed by atoms with E-state index >= 15 is 0 Å². The van der Waals surface area contributed by atoms with Crippen LogP contribution in [0.25, 0.3) is 28.0 Å². The Kier molecular flexibility index (Phi) is 5.67. The van der Waals surface area contributed by atoms with E-state index in [9.17, 15) is 14.3 Å². The van der Waals surface area contributed by atoms with Gasteiger partial charge in [-0.3, -0.25) is 4.98 Å². The summed E-state index contributed by atoms with van der Waals surface area (Å²) in [6, 6.07) is 15.5. The third kappa shape index (κ3) is 4.08. The van der Waals surface area contributed by atoms with Crippen LogP contribution in [-0.4, -0.2) is 36.9 Å². The number of nitrogens with one attached hydrogen (secondary N) is 1. The number of pyridine rings is 2. The number of H-pyrrole nitrogens is 1. The van der Waals surface area contributed by atoms with Crippen LogP contribution in [-0.2, 0) is 13.2 Å². The SMILES string of the molecule is COc1cc(-c2c(-c3ccccc3)nc(N)[n+]3c(=O)n(Cc4ccc(F)cn4)[nH]c23)cc(CO)n1. The molecule has 4 heterocycles. The molecule has 0 bridgehead atoms. The van der Waals surface area contributed by atoms with Crippen LogP contribution in [0.2, 0.25) is 0 Å². The van der Waals surface area contributed by atoms with Crippen molar-refractivity contribution >= 4 is 11.6 Å². The Morgan fingerprint density at radius 2 is 1.91 bits per heavy atom. The molecule has 0 aliphatic rings. The molecule has 10 nitrogen and oxygen atoms in total. The Morgan fingerprint density at radius 1 is 1.11 bits per heavy atom. The van der Waals surface area contributed by atoms with E-state index in [1.807, 2.05) is 30.3 Å². The van der Waals surface area contributed by atoms with Crippen molar-refractivity contribution in [2.45, 2.75) is 13.2 Å². The number of hydrogen-bond donors (Lipinski definition) is 3. The molecule has 4 aromatic heterocycles. The highest BCUT2D eigenvalue weighted by molar-refractivity contribution is 5.89. The molecule has 0 aliphatic heterocycles. The molecule has 0 saturated heterocycles. The number of rotatable bonds is 6. The zero-order valence-electron chi connectivity index (χ0n) is 18.6. The topological polar surface area (TPSA) is 136 Å². The van der Waals surface area contributed by atoms with Crippen LogP contribution < -0.4 is 20.6 Å². The normalized spacial score (nSPS) is 11.2. The van der Waals surface area contributed by atoms with E-state index in [2.05, 4.69) is 20.1 Å². The molecule has 1 aromatic carbocycles. The van der Waals surface area contributed by atoms with Crippen molar-refractivity contribution in [1.29, 1.82) is 0 Å². The van der Waals surface area contributed by atoms with Gasteiger partial charge in [0.1, 0.15) is 18.1 Å². The molecule has 0 spiro atoms. The number of anilines is 1. The second-order valence-electron chi connectivity index (χ2n) is 7.74. The van der Waals surface area contributed by atoms with E-state index in [1.165, 1.54) is 28.3 Å². The second-order valence-corrected chi connectivity index (χ2v) is 7.74. The molecule has 0 aliphatic carbocycles. The van der Waals surface area contributed by atoms with Crippen molar-refractivity contribution in [2.75, 3.05) is 12.8 Å². The summed E-state index contributed by atoms with van der Waals surface area (Å²) in [6.07, 6.45) is 1.09. The Hall–Kier alpha value is -4.64. The molecule has 35 heavy (non-hydrogen) atoms. The summed E-state index contributed by atoms with van der Waals surface area (Å²) < 4.78 is 21.2. The minimum Gasteiger partial charge on any atom is -0.481 e. The maximum atomic E-state index is 13.3. The number of hydrogen-bond acceptors (Lipinski definition) is 7. The molecule has 5 rings (SSSR count). The van der Waals surface area contributed by atoms with Crippen LogP contribution in [0.3, 0.4) is 0 Å². The van der Waals surface area contributed by atoms with Gasteiger partial charge in [-0.05, 0) is 23.8 Å². The van der Waals surface area contributed by atoms with Crippen molar-refractivity contribution in [3.8, 4) is 28.3 Å². The van der Waals surface area contributed by atoms with Crippen LogP contribution in [0, 0.1) is 5.82 Å². The average molecular weight is 474 g/mol. The van der Waals surface area contributed by atoms with Gasteiger partial charge in [-0.2, -0.15) is 4.68 Å². The molecule has 4 N–H and O–H groups in total. The lowest BCUT2D eigenvalue weighted by Gasteiger charge is -2.11. The van der Waals surface area contributed by atoms with E-state index < -0.39 is 11.5 Å². The highest BCUT2D eigenvalue weighted by atomic mass is 19.1. The van der Waals surface area contributed by atoms with Gasteiger partial charge < -0.3 is 15.6 Å². The summed E-state index contributed by atoms with van der Waals surface area (Å²) in [4.78, 5) is 26.1. The standard InChI is InChI=1S/C24H20FN7O3/c1-35-19-10-15(9-18(13-33)28-19)20-21(14-5-3-2-4-6-14)29-23(26)32-22(20)30-31(24(32)34)12-17-8-7-16(25)11-27-17/h2-11,33H,12-13H2,1H3,(H2,26,28,29,30)/p+1. The first kappa shape index (κ1) is 22.2. The number of methoxy groups -OCH3 is 1. The van der Waals surface area contributed by atoms with E-state index in [1.54, 1.807) is 12.1 Å². The Morgan fingerprint density at radius 3 is 2.60 bits per heavy atom. The van der Waals surface area contributed by atoms with Gasteiger partial charge in [-0.25, -0.2) is 19.3 Å². The number of nitrogen functional groups attached to an aromatic ring is 1. The van der Waals surface area contributed by atoms with E-state index in [-0.39, 0.29) is 25.0 Å². The van der Waals surface area contributed by atoms with E-state index in [4.69, 9.17) is 10.5 Å². The molecule has 0 amide bonds. The zero-order valence-corrected chi connectivity index (χ0v) is 18.6. The number of aliphatic hydroxyl groups excluding tert-OH is 1. The molecule has 0 fully saturated rings. The fraction of sp³-hybridized carbons (Fsp3) is 0.125. The van der Waals surface area contributed by atoms with Crippen molar-refractivity contribution in [3.63, 3.8) is 0 Å². The minimum absolute atomic E-state index is 0.0157. The third-order valence-corrected chi connectivity index (χ3v) is 5.49. The van der Waals surface area contributed by atoms with Crippen molar-refractivity contribution in [3.05, 3.63) is 88.5 Å². The van der Waals surface area contributed by atoms with Crippen molar-refractivity contribution < 1.29 is 18.6 Å². The van der Waals surface area contributed by atoms with Crippen LogP contribution in [0.1, 0.15) is 11.4 Å². The minimum atomic E-state index is -0.472. The van der Waals surface area contributed by atoms with Gasteiger partial charge >= 0.3 is 11.6 Å². The second kappa shape index (κ2) is 8.95. The summed E-state index contributed by atoms with van der Waals surface area (Å²) in [7, 11) is 1.48. The molecule has 176 valence electrons. The Labute approximate surface area is 198 Å². The summed E-state index contributed by atoms with van der Waals surface area (Å²) >= 11 is 0.